The van der Waals surface area contributed by atoms with E-state index >= 15 is 0 Å². The largest absolute Gasteiger partial charge is 0.469 e. The Morgan fingerprint density at radius 3 is 2.83 bits per heavy atom. The zero-order valence-electron chi connectivity index (χ0n) is 13.0. The van der Waals surface area contributed by atoms with Gasteiger partial charge in [-0.1, -0.05) is 37.3 Å². The topological polar surface area (TPSA) is 71.3 Å². The smallest absolute Gasteiger partial charge is 0.255 e. The molecule has 1 saturated heterocycles. The van der Waals surface area contributed by atoms with Gasteiger partial charge in [0.15, 0.2) is 0 Å². The van der Waals surface area contributed by atoms with Gasteiger partial charge < -0.3 is 15.1 Å². The van der Waals surface area contributed by atoms with E-state index in [1.807, 2.05) is 37.3 Å². The molecule has 120 valence electrons. The molecule has 5 heteroatoms. The Morgan fingerprint density at radius 1 is 1.30 bits per heavy atom. The minimum absolute atomic E-state index is 0.0157. The van der Waals surface area contributed by atoms with E-state index in [1.165, 1.54) is 6.26 Å². The molecule has 0 aliphatic carbocycles. The zero-order valence-corrected chi connectivity index (χ0v) is 13.0. The van der Waals surface area contributed by atoms with Crippen LogP contribution in [0, 0.1) is 0 Å². The second-order valence-corrected chi connectivity index (χ2v) is 5.69. The molecule has 2 heterocycles. The summed E-state index contributed by atoms with van der Waals surface area (Å²) < 4.78 is 5.32. The summed E-state index contributed by atoms with van der Waals surface area (Å²) in [7, 11) is 0. The van der Waals surface area contributed by atoms with Crippen LogP contribution in [0.1, 0.15) is 47.5 Å². The van der Waals surface area contributed by atoms with Crippen molar-refractivity contribution in [1.82, 2.24) is 10.6 Å². The highest BCUT2D eigenvalue weighted by Gasteiger charge is 2.31. The van der Waals surface area contributed by atoms with Gasteiger partial charge in [-0.25, -0.2) is 0 Å². The summed E-state index contributed by atoms with van der Waals surface area (Å²) >= 11 is 0. The lowest BCUT2D eigenvalue weighted by molar-refractivity contribution is -0.123. The number of furan rings is 1. The Kier molecular flexibility index (Phi) is 4.46. The molecular formula is C18H20N2O3. The van der Waals surface area contributed by atoms with E-state index in [1.54, 1.807) is 6.07 Å². The lowest BCUT2D eigenvalue weighted by Gasteiger charge is -2.33. The molecule has 1 fully saturated rings. The van der Waals surface area contributed by atoms with Crippen molar-refractivity contribution in [2.24, 2.45) is 0 Å². The van der Waals surface area contributed by atoms with Crippen LogP contribution in [0.3, 0.4) is 0 Å². The van der Waals surface area contributed by atoms with E-state index < -0.39 is 0 Å². The van der Waals surface area contributed by atoms with Gasteiger partial charge in [0.1, 0.15) is 5.76 Å². The first kappa shape index (κ1) is 15.3. The van der Waals surface area contributed by atoms with Gasteiger partial charge in [0.25, 0.3) is 5.91 Å². The van der Waals surface area contributed by atoms with E-state index in [4.69, 9.17) is 4.42 Å². The van der Waals surface area contributed by atoms with E-state index in [-0.39, 0.29) is 23.9 Å². The molecule has 1 aromatic heterocycles. The molecule has 0 radical (unpaired) electrons. The number of carbonyl (C=O) groups excluding carboxylic acids is 2. The van der Waals surface area contributed by atoms with Crippen LogP contribution >= 0.6 is 0 Å². The maximum atomic E-state index is 12.5. The molecule has 1 aromatic carbocycles. The van der Waals surface area contributed by atoms with Gasteiger partial charge >= 0.3 is 0 Å². The van der Waals surface area contributed by atoms with Gasteiger partial charge in [-0.3, -0.25) is 9.59 Å². The highest BCUT2D eigenvalue weighted by Crippen LogP contribution is 2.24. The average Bonchev–Trinajstić information content (AvgIpc) is 3.06. The van der Waals surface area contributed by atoms with Crippen LogP contribution in [-0.2, 0) is 11.2 Å². The number of piperidine rings is 1. The average molecular weight is 312 g/mol. The molecule has 2 amide bonds. The predicted molar refractivity (Wildman–Crippen MR) is 85.9 cm³/mol. The summed E-state index contributed by atoms with van der Waals surface area (Å²) in [5.74, 6) is 0.540. The van der Waals surface area contributed by atoms with Crippen LogP contribution in [-0.4, -0.2) is 17.9 Å². The molecule has 1 aliphatic rings. The van der Waals surface area contributed by atoms with E-state index in [0.29, 0.717) is 30.6 Å². The van der Waals surface area contributed by atoms with Gasteiger partial charge in [-0.15, -0.1) is 0 Å². The number of hydrogen-bond acceptors (Lipinski definition) is 3. The Balaban J connectivity index is 1.79. The maximum absolute atomic E-state index is 12.5. The molecular weight excluding hydrogens is 292 g/mol. The van der Waals surface area contributed by atoms with Crippen molar-refractivity contribution in [3.8, 4) is 0 Å². The third-order valence-corrected chi connectivity index (χ3v) is 4.19. The second-order valence-electron chi connectivity index (χ2n) is 5.69. The summed E-state index contributed by atoms with van der Waals surface area (Å²) in [6.07, 6.45) is 3.24. The van der Waals surface area contributed by atoms with Crippen LogP contribution < -0.4 is 10.6 Å². The normalized spacial score (nSPS) is 20.8. The third-order valence-electron chi connectivity index (χ3n) is 4.19. The van der Waals surface area contributed by atoms with Gasteiger partial charge in [-0.05, 0) is 18.1 Å². The Bertz CT molecular complexity index is 693. The van der Waals surface area contributed by atoms with Crippen LogP contribution in [0.15, 0.2) is 47.1 Å². The van der Waals surface area contributed by atoms with Crippen molar-refractivity contribution < 1.29 is 14.0 Å². The molecule has 5 nitrogen and oxygen atoms in total. The molecule has 2 atom stereocenters. The minimum Gasteiger partial charge on any atom is -0.469 e. The SMILES string of the molecule is CCc1occc1C(=O)N[C@@H]1CCC(=O)N[C@H]1c1ccccc1. The van der Waals surface area contributed by atoms with Crippen molar-refractivity contribution in [2.45, 2.75) is 38.3 Å². The standard InChI is InChI=1S/C18H20N2O3/c1-2-15-13(10-11-23-15)18(22)19-14-8-9-16(21)20-17(14)12-6-4-3-5-7-12/h3-7,10-11,14,17H,2,8-9H2,1H3,(H,19,22)(H,20,21)/t14-,17+/m1/s1. The van der Waals surface area contributed by atoms with Gasteiger partial charge in [0.05, 0.1) is 23.9 Å². The fourth-order valence-electron chi connectivity index (χ4n) is 2.99. The molecule has 0 spiro atoms. The summed E-state index contributed by atoms with van der Waals surface area (Å²) in [4.78, 5) is 24.3. The lowest BCUT2D eigenvalue weighted by Crippen LogP contribution is -2.50. The first-order valence-electron chi connectivity index (χ1n) is 7.90. The summed E-state index contributed by atoms with van der Waals surface area (Å²) in [6.45, 7) is 1.95. The summed E-state index contributed by atoms with van der Waals surface area (Å²) in [5, 5.41) is 6.04. The number of aryl methyl sites for hydroxylation is 1. The van der Waals surface area contributed by atoms with Crippen molar-refractivity contribution in [2.75, 3.05) is 0 Å². The van der Waals surface area contributed by atoms with E-state index in [2.05, 4.69) is 10.6 Å². The number of nitrogens with one attached hydrogen (secondary N) is 2. The monoisotopic (exact) mass is 312 g/mol. The summed E-state index contributed by atoms with van der Waals surface area (Å²) in [6, 6.07) is 11.1. The Hall–Kier alpha value is -2.56. The Morgan fingerprint density at radius 2 is 2.09 bits per heavy atom. The fourth-order valence-corrected chi connectivity index (χ4v) is 2.99. The summed E-state index contributed by atoms with van der Waals surface area (Å²) in [5.41, 5.74) is 1.56. The molecule has 0 saturated carbocycles. The van der Waals surface area contributed by atoms with Crippen molar-refractivity contribution in [3.63, 3.8) is 0 Å². The first-order chi connectivity index (χ1) is 11.2. The molecule has 0 unspecified atom stereocenters. The van der Waals surface area contributed by atoms with Gasteiger partial charge in [-0.2, -0.15) is 0 Å². The van der Waals surface area contributed by atoms with Crippen LogP contribution in [0.4, 0.5) is 0 Å². The number of benzene rings is 1. The minimum atomic E-state index is -0.210. The lowest BCUT2D eigenvalue weighted by atomic mass is 9.91. The van der Waals surface area contributed by atoms with E-state index in [0.717, 1.165) is 5.56 Å². The first-order valence-corrected chi connectivity index (χ1v) is 7.90. The van der Waals surface area contributed by atoms with Crippen LogP contribution in [0.5, 0.6) is 0 Å². The molecule has 23 heavy (non-hydrogen) atoms. The number of amides is 2. The van der Waals surface area contributed by atoms with E-state index in [9.17, 15) is 9.59 Å². The van der Waals surface area contributed by atoms with Crippen LogP contribution in [0.25, 0.3) is 0 Å². The van der Waals surface area contributed by atoms with Crippen molar-refractivity contribution >= 4 is 11.8 Å². The zero-order chi connectivity index (χ0) is 16.2. The fraction of sp³-hybridized carbons (Fsp3) is 0.333. The predicted octanol–water partition coefficient (Wildman–Crippen LogP) is 2.59. The van der Waals surface area contributed by atoms with Gasteiger partial charge in [0.2, 0.25) is 5.91 Å². The highest BCUT2D eigenvalue weighted by molar-refractivity contribution is 5.95. The number of hydrogen-bond donors (Lipinski definition) is 2. The molecule has 2 N–H and O–H groups in total. The molecule has 0 bridgehead atoms. The molecule has 2 aromatic rings. The van der Waals surface area contributed by atoms with Crippen molar-refractivity contribution in [3.05, 3.63) is 59.5 Å². The van der Waals surface area contributed by atoms with Crippen LogP contribution in [0.2, 0.25) is 0 Å². The second kappa shape index (κ2) is 6.69. The maximum Gasteiger partial charge on any atom is 0.255 e. The third kappa shape index (κ3) is 3.28. The molecule has 3 rings (SSSR count). The quantitative estimate of drug-likeness (QED) is 0.911. The molecule has 1 aliphatic heterocycles. The number of carbonyl (C=O) groups is 2. The van der Waals surface area contributed by atoms with Crippen molar-refractivity contribution in [1.29, 1.82) is 0 Å². The van der Waals surface area contributed by atoms with Gasteiger partial charge in [0, 0.05) is 12.8 Å². The number of rotatable bonds is 4. The Labute approximate surface area is 135 Å². The highest BCUT2D eigenvalue weighted by atomic mass is 16.3.